The monoisotopic (exact) mass is 321 g/mol. The van der Waals surface area contributed by atoms with Crippen molar-refractivity contribution in [3.05, 3.63) is 30.1 Å². The molecule has 1 aromatic rings. The van der Waals surface area contributed by atoms with Crippen molar-refractivity contribution in [3.8, 4) is 0 Å². The van der Waals surface area contributed by atoms with Crippen LogP contribution in [0.4, 0.5) is 10.1 Å². The highest BCUT2D eigenvalue weighted by Gasteiger charge is 2.40. The second-order valence-electron chi connectivity index (χ2n) is 6.25. The maximum absolute atomic E-state index is 13.5. The number of hydrazine groups is 1. The Morgan fingerprint density at radius 2 is 2.05 bits per heavy atom. The van der Waals surface area contributed by atoms with Crippen LogP contribution < -0.4 is 16.2 Å². The fourth-order valence-electron chi connectivity index (χ4n) is 3.76. The van der Waals surface area contributed by atoms with Gasteiger partial charge in [0, 0.05) is 6.42 Å². The van der Waals surface area contributed by atoms with Crippen LogP contribution >= 0.6 is 12.2 Å². The summed E-state index contributed by atoms with van der Waals surface area (Å²) in [5.74, 6) is 1.61. The number of anilines is 1. The largest absolute Gasteiger partial charge is 0.329 e. The molecule has 3 atom stereocenters. The zero-order valence-electron chi connectivity index (χ0n) is 12.3. The first-order valence-corrected chi connectivity index (χ1v) is 8.13. The Hall–Kier alpha value is -1.69. The minimum Gasteiger partial charge on any atom is -0.329 e. The summed E-state index contributed by atoms with van der Waals surface area (Å²) in [5.41, 5.74) is 5.50. The van der Waals surface area contributed by atoms with E-state index in [0.29, 0.717) is 12.3 Å². The van der Waals surface area contributed by atoms with E-state index < -0.39 is 0 Å². The molecule has 3 rings (SSSR count). The summed E-state index contributed by atoms with van der Waals surface area (Å²) < 4.78 is 13.5. The molecule has 2 bridgehead atoms. The Morgan fingerprint density at radius 3 is 2.73 bits per heavy atom. The number of amides is 1. The summed E-state index contributed by atoms with van der Waals surface area (Å²) in [5, 5.41) is 2.89. The molecule has 3 N–H and O–H groups in total. The lowest BCUT2D eigenvalue weighted by Gasteiger charge is -2.21. The second-order valence-corrected chi connectivity index (χ2v) is 6.65. The normalized spacial score (nSPS) is 25.8. The molecule has 118 valence electrons. The van der Waals surface area contributed by atoms with Crippen LogP contribution in [0.2, 0.25) is 0 Å². The van der Waals surface area contributed by atoms with Crippen LogP contribution in [0.15, 0.2) is 24.3 Å². The summed E-state index contributed by atoms with van der Waals surface area (Å²) >= 11 is 5.05. The number of carbonyl (C=O) groups excluding carboxylic acids is 1. The van der Waals surface area contributed by atoms with Gasteiger partial charge in [0.2, 0.25) is 5.91 Å². The summed E-state index contributed by atoms with van der Waals surface area (Å²) in [6.45, 7) is 0. The quantitative estimate of drug-likeness (QED) is 0.592. The number of rotatable bonds is 3. The van der Waals surface area contributed by atoms with E-state index in [2.05, 4.69) is 16.2 Å². The van der Waals surface area contributed by atoms with Crippen molar-refractivity contribution in [1.29, 1.82) is 0 Å². The first-order valence-electron chi connectivity index (χ1n) is 7.72. The standard InChI is InChI=1S/C16H20FN3OS/c17-13-3-1-2-4-14(13)18-16(22)20-19-15(21)9-12-8-10-5-6-11(12)7-10/h1-4,10-12H,5-9H2,(H,19,21)(H2,18,20,22)/t10-,11-,12+/m1/s1. The zero-order valence-corrected chi connectivity index (χ0v) is 13.1. The van der Waals surface area contributed by atoms with E-state index in [0.717, 1.165) is 11.8 Å². The minimum absolute atomic E-state index is 0.0600. The number of thiocarbonyl (C=S) groups is 1. The van der Waals surface area contributed by atoms with Gasteiger partial charge in [-0.2, -0.15) is 0 Å². The number of carbonyl (C=O) groups is 1. The van der Waals surface area contributed by atoms with E-state index in [1.54, 1.807) is 18.2 Å². The van der Waals surface area contributed by atoms with Crippen molar-refractivity contribution in [2.24, 2.45) is 17.8 Å². The molecule has 0 aliphatic heterocycles. The number of benzene rings is 1. The van der Waals surface area contributed by atoms with Gasteiger partial charge >= 0.3 is 0 Å². The molecular weight excluding hydrogens is 301 g/mol. The summed E-state index contributed by atoms with van der Waals surface area (Å²) in [6.07, 6.45) is 5.60. The van der Waals surface area contributed by atoms with Crippen LogP contribution in [0.3, 0.4) is 0 Å². The lowest BCUT2D eigenvalue weighted by atomic mass is 9.86. The molecule has 0 aromatic heterocycles. The molecule has 2 saturated carbocycles. The molecule has 2 aliphatic rings. The highest BCUT2D eigenvalue weighted by molar-refractivity contribution is 7.80. The molecule has 22 heavy (non-hydrogen) atoms. The molecule has 1 aromatic carbocycles. The van der Waals surface area contributed by atoms with Gasteiger partial charge in [0.25, 0.3) is 0 Å². The predicted molar refractivity (Wildman–Crippen MR) is 87.5 cm³/mol. The number of halogens is 1. The molecule has 0 unspecified atom stereocenters. The molecule has 0 spiro atoms. The Labute approximate surface area is 134 Å². The Kier molecular flexibility index (Phi) is 4.57. The van der Waals surface area contributed by atoms with E-state index in [1.807, 2.05) is 0 Å². The van der Waals surface area contributed by atoms with E-state index in [9.17, 15) is 9.18 Å². The fourth-order valence-corrected chi connectivity index (χ4v) is 3.92. The molecule has 0 radical (unpaired) electrons. The van der Waals surface area contributed by atoms with Crippen molar-refractivity contribution in [3.63, 3.8) is 0 Å². The van der Waals surface area contributed by atoms with E-state index in [1.165, 1.54) is 31.7 Å². The number of hydrogen-bond acceptors (Lipinski definition) is 2. The van der Waals surface area contributed by atoms with Gasteiger partial charge in [-0.05, 0) is 61.4 Å². The third kappa shape index (κ3) is 3.55. The highest BCUT2D eigenvalue weighted by atomic mass is 32.1. The third-order valence-corrected chi connectivity index (χ3v) is 4.97. The minimum atomic E-state index is -0.389. The Morgan fingerprint density at radius 1 is 1.23 bits per heavy atom. The molecule has 0 saturated heterocycles. The predicted octanol–water partition coefficient (Wildman–Crippen LogP) is 2.97. The first kappa shape index (κ1) is 15.2. The maximum Gasteiger partial charge on any atom is 0.238 e. The van der Waals surface area contributed by atoms with Gasteiger partial charge in [0.15, 0.2) is 5.11 Å². The summed E-state index contributed by atoms with van der Waals surface area (Å²) in [4.78, 5) is 12.0. The second kappa shape index (κ2) is 6.60. The van der Waals surface area contributed by atoms with Crippen LogP contribution in [0.5, 0.6) is 0 Å². The Bertz CT molecular complexity index is 580. The number of para-hydroxylation sites is 1. The van der Waals surface area contributed by atoms with Crippen LogP contribution in [-0.2, 0) is 4.79 Å². The van der Waals surface area contributed by atoms with E-state index in [4.69, 9.17) is 12.2 Å². The van der Waals surface area contributed by atoms with Crippen molar-refractivity contribution in [2.75, 3.05) is 5.32 Å². The van der Waals surface area contributed by atoms with Crippen LogP contribution in [0.1, 0.15) is 32.1 Å². The smallest absolute Gasteiger partial charge is 0.238 e. The van der Waals surface area contributed by atoms with Crippen molar-refractivity contribution < 1.29 is 9.18 Å². The van der Waals surface area contributed by atoms with Crippen molar-refractivity contribution in [2.45, 2.75) is 32.1 Å². The average Bonchev–Trinajstić information content (AvgIpc) is 3.10. The topological polar surface area (TPSA) is 53.2 Å². The van der Waals surface area contributed by atoms with Crippen LogP contribution in [0, 0.1) is 23.6 Å². The average molecular weight is 321 g/mol. The molecule has 1 amide bonds. The fraction of sp³-hybridized carbons (Fsp3) is 0.500. The summed E-state index contributed by atoms with van der Waals surface area (Å²) in [7, 11) is 0. The molecule has 2 fully saturated rings. The number of hydrogen-bond donors (Lipinski definition) is 3. The summed E-state index contributed by atoms with van der Waals surface area (Å²) in [6, 6.07) is 6.24. The van der Waals surface area contributed by atoms with Crippen LogP contribution in [-0.4, -0.2) is 11.0 Å². The van der Waals surface area contributed by atoms with Gasteiger partial charge < -0.3 is 5.32 Å². The molecule has 4 nitrogen and oxygen atoms in total. The maximum atomic E-state index is 13.5. The van der Waals surface area contributed by atoms with Gasteiger partial charge in [-0.1, -0.05) is 18.6 Å². The van der Waals surface area contributed by atoms with E-state index >= 15 is 0 Å². The lowest BCUT2D eigenvalue weighted by molar-refractivity contribution is -0.122. The van der Waals surface area contributed by atoms with Gasteiger partial charge in [-0.3, -0.25) is 15.6 Å². The number of fused-ring (bicyclic) bond motifs is 2. The van der Waals surface area contributed by atoms with Crippen LogP contribution in [0.25, 0.3) is 0 Å². The zero-order chi connectivity index (χ0) is 15.5. The molecular formula is C16H20FN3OS. The SMILES string of the molecule is O=C(C[C@@H]1C[C@@H]2CC[C@@H]1C2)NNC(=S)Nc1ccccc1F. The van der Waals surface area contributed by atoms with Crippen molar-refractivity contribution in [1.82, 2.24) is 10.9 Å². The van der Waals surface area contributed by atoms with Gasteiger partial charge in [-0.15, -0.1) is 0 Å². The third-order valence-electron chi connectivity index (χ3n) is 4.77. The first-order chi connectivity index (χ1) is 10.6. The van der Waals surface area contributed by atoms with Crippen molar-refractivity contribution >= 4 is 28.9 Å². The highest BCUT2D eigenvalue weighted by Crippen LogP contribution is 2.49. The number of nitrogens with one attached hydrogen (secondary N) is 3. The lowest BCUT2D eigenvalue weighted by Crippen LogP contribution is -2.44. The Balaban J connectivity index is 1.41. The van der Waals surface area contributed by atoms with E-state index in [-0.39, 0.29) is 22.5 Å². The van der Waals surface area contributed by atoms with Gasteiger partial charge in [-0.25, -0.2) is 4.39 Å². The molecule has 0 heterocycles. The molecule has 2 aliphatic carbocycles. The van der Waals surface area contributed by atoms with Gasteiger partial charge in [0.05, 0.1) is 5.69 Å². The molecule has 6 heteroatoms. The van der Waals surface area contributed by atoms with Gasteiger partial charge in [0.1, 0.15) is 5.82 Å².